The Bertz CT molecular complexity index is 1400. The van der Waals surface area contributed by atoms with Crippen LogP contribution in [0.2, 0.25) is 0 Å². The van der Waals surface area contributed by atoms with Gasteiger partial charge < -0.3 is 14.8 Å². The van der Waals surface area contributed by atoms with E-state index in [4.69, 9.17) is 14.5 Å². The van der Waals surface area contributed by atoms with E-state index >= 15 is 0 Å². The molecule has 0 bridgehead atoms. The van der Waals surface area contributed by atoms with E-state index in [-0.39, 0.29) is 5.91 Å². The van der Waals surface area contributed by atoms with Crippen LogP contribution in [-0.2, 0) is 26.0 Å². The van der Waals surface area contributed by atoms with Crippen molar-refractivity contribution in [3.63, 3.8) is 0 Å². The second kappa shape index (κ2) is 12.6. The maximum atomic E-state index is 13.3. The predicted molar refractivity (Wildman–Crippen MR) is 154 cm³/mol. The molecule has 5 nitrogen and oxygen atoms in total. The van der Waals surface area contributed by atoms with Crippen molar-refractivity contribution in [3.8, 4) is 11.5 Å². The molecule has 0 aliphatic heterocycles. The Labute approximate surface area is 228 Å². The summed E-state index contributed by atoms with van der Waals surface area (Å²) in [6.07, 6.45) is 6.01. The number of aliphatic imine (C=N–C) groups is 1. The number of aryl methyl sites for hydroxylation is 1. The highest BCUT2D eigenvalue weighted by Crippen LogP contribution is 2.40. The van der Waals surface area contributed by atoms with Crippen LogP contribution in [0.4, 0.5) is 5.00 Å². The van der Waals surface area contributed by atoms with Crippen LogP contribution < -0.4 is 14.8 Å². The van der Waals surface area contributed by atoms with Crippen LogP contribution in [0.3, 0.4) is 0 Å². The molecule has 0 fully saturated rings. The van der Waals surface area contributed by atoms with Crippen molar-refractivity contribution in [2.24, 2.45) is 4.99 Å². The molecule has 5 rings (SSSR count). The monoisotopic (exact) mass is 524 g/mol. The molecule has 194 valence electrons. The van der Waals surface area contributed by atoms with E-state index in [0.29, 0.717) is 31.3 Å². The molecule has 4 aromatic rings. The van der Waals surface area contributed by atoms with Gasteiger partial charge in [0.1, 0.15) is 11.6 Å². The molecule has 1 amide bonds. The van der Waals surface area contributed by atoms with Gasteiger partial charge in [-0.25, -0.2) is 4.99 Å². The molecule has 1 aliphatic carbocycles. The topological polar surface area (TPSA) is 59.9 Å². The summed E-state index contributed by atoms with van der Waals surface area (Å²) in [5.41, 5.74) is 4.96. The first-order valence-corrected chi connectivity index (χ1v) is 14.0. The molecule has 6 heteroatoms. The van der Waals surface area contributed by atoms with Crippen molar-refractivity contribution in [2.75, 3.05) is 6.61 Å². The molecular formula is C32H32N2O3S. The number of carbonyl (C=O) groups is 1. The van der Waals surface area contributed by atoms with Crippen LogP contribution in [-0.4, -0.2) is 18.7 Å². The summed E-state index contributed by atoms with van der Waals surface area (Å²) in [6.45, 7) is 3.45. The lowest BCUT2D eigenvalue weighted by Crippen LogP contribution is -2.24. The van der Waals surface area contributed by atoms with Gasteiger partial charge in [-0.15, -0.1) is 11.3 Å². The molecule has 0 atom stereocenters. The third-order valence-electron chi connectivity index (χ3n) is 6.51. The number of hydrogen-bond acceptors (Lipinski definition) is 5. The van der Waals surface area contributed by atoms with Crippen molar-refractivity contribution < 1.29 is 14.3 Å². The minimum atomic E-state index is -0.0555. The number of nitrogens with one attached hydrogen (secondary N) is 1. The second-order valence-electron chi connectivity index (χ2n) is 9.23. The van der Waals surface area contributed by atoms with E-state index in [0.717, 1.165) is 52.9 Å². The summed E-state index contributed by atoms with van der Waals surface area (Å²) >= 11 is 1.64. The smallest absolute Gasteiger partial charge is 0.254 e. The van der Waals surface area contributed by atoms with Crippen molar-refractivity contribution in [1.82, 2.24) is 5.32 Å². The zero-order valence-electron chi connectivity index (χ0n) is 21.6. The number of nitrogens with zero attached hydrogens (tertiary/aromatic N) is 1. The van der Waals surface area contributed by atoms with Crippen LogP contribution >= 0.6 is 11.3 Å². The fourth-order valence-corrected chi connectivity index (χ4v) is 5.83. The minimum Gasteiger partial charge on any atom is -0.490 e. The lowest BCUT2D eigenvalue weighted by molar-refractivity contribution is 0.0951. The number of hydrogen-bond donors (Lipinski definition) is 1. The van der Waals surface area contributed by atoms with Gasteiger partial charge in [0, 0.05) is 17.6 Å². The molecule has 0 saturated carbocycles. The fourth-order valence-electron chi connectivity index (χ4n) is 4.60. The molecular weight excluding hydrogens is 492 g/mol. The molecule has 0 saturated heterocycles. The SMILES string of the molecule is CCOc1cc(C=Nc2sc3c(c2C(=O)NCc2ccccc2)CCCC3)ccc1OCc1ccccc1. The first-order valence-electron chi connectivity index (χ1n) is 13.2. The van der Waals surface area contributed by atoms with Crippen LogP contribution in [0.5, 0.6) is 11.5 Å². The first kappa shape index (κ1) is 25.7. The molecule has 1 N–H and O–H groups in total. The largest absolute Gasteiger partial charge is 0.490 e. The Balaban J connectivity index is 1.36. The molecule has 1 aliphatic rings. The average Bonchev–Trinajstić information content (AvgIpc) is 3.34. The summed E-state index contributed by atoms with van der Waals surface area (Å²) in [6, 6.07) is 25.9. The summed E-state index contributed by atoms with van der Waals surface area (Å²) in [7, 11) is 0. The average molecular weight is 525 g/mol. The molecule has 0 unspecified atom stereocenters. The minimum absolute atomic E-state index is 0.0555. The Morgan fingerprint density at radius 1 is 0.921 bits per heavy atom. The van der Waals surface area contributed by atoms with E-state index in [1.165, 1.54) is 10.4 Å². The highest BCUT2D eigenvalue weighted by atomic mass is 32.1. The molecule has 1 heterocycles. The van der Waals surface area contributed by atoms with Crippen LogP contribution in [0.25, 0.3) is 0 Å². The Morgan fingerprint density at radius 2 is 1.66 bits per heavy atom. The van der Waals surface area contributed by atoms with Gasteiger partial charge in [0.15, 0.2) is 11.5 Å². The van der Waals surface area contributed by atoms with Gasteiger partial charge in [0.25, 0.3) is 5.91 Å². The highest BCUT2D eigenvalue weighted by Gasteiger charge is 2.25. The summed E-state index contributed by atoms with van der Waals surface area (Å²) in [4.78, 5) is 19.4. The standard InChI is InChI=1S/C32H32N2O3S/c1-2-36-28-19-25(17-18-27(28)37-22-24-13-7-4-8-14-24)21-34-32-30(26-15-9-10-16-29(26)38-32)31(35)33-20-23-11-5-3-6-12-23/h3-8,11-14,17-19,21H,2,9-10,15-16,20,22H2,1H3,(H,33,35). The van der Waals surface area contributed by atoms with Gasteiger partial charge in [-0.1, -0.05) is 60.7 Å². The first-order chi connectivity index (χ1) is 18.7. The van der Waals surface area contributed by atoms with Crippen molar-refractivity contribution in [1.29, 1.82) is 0 Å². The van der Waals surface area contributed by atoms with Gasteiger partial charge in [-0.2, -0.15) is 0 Å². The van der Waals surface area contributed by atoms with Crippen molar-refractivity contribution >= 4 is 28.5 Å². The zero-order valence-corrected chi connectivity index (χ0v) is 22.4. The zero-order chi connectivity index (χ0) is 26.2. The summed E-state index contributed by atoms with van der Waals surface area (Å²) in [5, 5.41) is 3.88. The van der Waals surface area contributed by atoms with E-state index < -0.39 is 0 Å². The van der Waals surface area contributed by atoms with Gasteiger partial charge in [-0.05, 0) is 73.1 Å². The van der Waals surface area contributed by atoms with Crippen molar-refractivity contribution in [2.45, 2.75) is 45.8 Å². The third kappa shape index (κ3) is 6.32. The Morgan fingerprint density at radius 3 is 2.42 bits per heavy atom. The predicted octanol–water partition coefficient (Wildman–Crippen LogP) is 7.29. The Kier molecular flexibility index (Phi) is 8.51. The van der Waals surface area contributed by atoms with E-state index in [9.17, 15) is 4.79 Å². The lowest BCUT2D eigenvalue weighted by Gasteiger charge is -2.13. The number of amides is 1. The molecule has 0 spiro atoms. The van der Waals surface area contributed by atoms with E-state index in [1.807, 2.05) is 92.0 Å². The van der Waals surface area contributed by atoms with Gasteiger partial charge in [-0.3, -0.25) is 4.79 Å². The van der Waals surface area contributed by atoms with Gasteiger partial charge in [0.05, 0.1) is 12.2 Å². The number of ether oxygens (including phenoxy) is 2. The Hall–Kier alpha value is -3.90. The quantitative estimate of drug-likeness (QED) is 0.222. The van der Waals surface area contributed by atoms with Crippen molar-refractivity contribution in [3.05, 3.63) is 112 Å². The number of carbonyl (C=O) groups excluding carboxylic acids is 1. The molecule has 3 aromatic carbocycles. The number of benzene rings is 3. The van der Waals surface area contributed by atoms with Gasteiger partial charge >= 0.3 is 0 Å². The molecule has 38 heavy (non-hydrogen) atoms. The maximum absolute atomic E-state index is 13.3. The second-order valence-corrected chi connectivity index (χ2v) is 10.3. The highest BCUT2D eigenvalue weighted by molar-refractivity contribution is 7.16. The number of thiophene rings is 1. The lowest BCUT2D eigenvalue weighted by atomic mass is 9.95. The van der Waals surface area contributed by atoms with E-state index in [1.54, 1.807) is 11.3 Å². The molecule has 1 aromatic heterocycles. The fraction of sp³-hybridized carbons (Fsp3) is 0.250. The number of rotatable bonds is 10. The van der Waals surface area contributed by atoms with Crippen LogP contribution in [0.1, 0.15) is 57.3 Å². The van der Waals surface area contributed by atoms with E-state index in [2.05, 4.69) is 5.32 Å². The maximum Gasteiger partial charge on any atom is 0.254 e. The van der Waals surface area contributed by atoms with Gasteiger partial charge in [0.2, 0.25) is 0 Å². The molecule has 0 radical (unpaired) electrons. The summed E-state index contributed by atoms with van der Waals surface area (Å²) in [5.74, 6) is 1.32. The summed E-state index contributed by atoms with van der Waals surface area (Å²) < 4.78 is 11.9. The van der Waals surface area contributed by atoms with Crippen LogP contribution in [0, 0.1) is 0 Å². The van der Waals surface area contributed by atoms with Crippen LogP contribution in [0.15, 0.2) is 83.9 Å². The number of fused-ring (bicyclic) bond motifs is 1. The normalized spacial score (nSPS) is 12.8. The third-order valence-corrected chi connectivity index (χ3v) is 7.71.